The van der Waals surface area contributed by atoms with Crippen LogP contribution in [0, 0.1) is 48.8 Å². The Morgan fingerprint density at radius 3 is 1.56 bits per heavy atom. The highest BCUT2D eigenvalue weighted by Crippen LogP contribution is 2.31. The third-order valence-corrected chi connectivity index (χ3v) is 10.1. The Kier molecular flexibility index (Phi) is 14.9. The van der Waals surface area contributed by atoms with E-state index < -0.39 is 64.0 Å². The van der Waals surface area contributed by atoms with Crippen LogP contribution in [0.4, 0.5) is 49.4 Å². The van der Waals surface area contributed by atoms with Crippen molar-refractivity contribution in [1.29, 1.82) is 0 Å². The molecule has 0 saturated heterocycles. The first-order chi connectivity index (χ1) is 34.3. The van der Waals surface area contributed by atoms with Gasteiger partial charge in [-0.25, -0.2) is 26.3 Å². The number of nitrogens with one attached hydrogen (secondary N) is 6. The lowest BCUT2D eigenvalue weighted by atomic mass is 10.1. The molecule has 4 heterocycles. The summed E-state index contributed by atoms with van der Waals surface area (Å²) in [4.78, 5) is 34.1. The molecular formula is C46H40F6N14O6. The van der Waals surface area contributed by atoms with Gasteiger partial charge in [0.2, 0.25) is 11.9 Å². The number of H-pyrrole nitrogens is 2. The Labute approximate surface area is 403 Å². The second-order valence-electron chi connectivity index (χ2n) is 15.2. The van der Waals surface area contributed by atoms with Crippen LogP contribution in [0.15, 0.2) is 95.2 Å². The predicted molar refractivity (Wildman–Crippen MR) is 249 cm³/mol. The van der Waals surface area contributed by atoms with E-state index in [2.05, 4.69) is 61.8 Å². The molecule has 2 amide bonds. The third-order valence-electron chi connectivity index (χ3n) is 10.1. The van der Waals surface area contributed by atoms with E-state index in [0.717, 1.165) is 37.4 Å². The molecule has 4 aromatic carbocycles. The lowest BCUT2D eigenvalue weighted by Gasteiger charge is -2.13. The normalized spacial score (nSPS) is 11.4. The molecule has 20 nitrogen and oxygen atoms in total. The van der Waals surface area contributed by atoms with Crippen LogP contribution in [-0.2, 0) is 14.1 Å². The van der Waals surface area contributed by atoms with E-state index in [-0.39, 0.29) is 51.8 Å². The molecule has 0 spiro atoms. The minimum atomic E-state index is -1.30. The fourth-order valence-electron chi connectivity index (χ4n) is 6.65. The molecule has 0 fully saturated rings. The fourth-order valence-corrected chi connectivity index (χ4v) is 6.65. The van der Waals surface area contributed by atoms with Crippen LogP contribution in [0.1, 0.15) is 32.1 Å². The average Bonchev–Trinajstić information content (AvgIpc) is 4.16. The molecule has 4 aromatic heterocycles. The number of halogens is 6. The summed E-state index contributed by atoms with van der Waals surface area (Å²) in [7, 11) is 5.77. The number of aromatic amines is 2. The molecule has 0 atom stereocenters. The first-order valence-electron chi connectivity index (χ1n) is 20.8. The third kappa shape index (κ3) is 11.4. The monoisotopic (exact) mass is 998 g/mol. The Morgan fingerprint density at radius 2 is 1.10 bits per heavy atom. The molecule has 0 aliphatic rings. The highest BCUT2D eigenvalue weighted by atomic mass is 19.2. The van der Waals surface area contributed by atoms with E-state index >= 15 is 0 Å². The molecule has 0 saturated carbocycles. The van der Waals surface area contributed by atoms with Crippen molar-refractivity contribution in [3.63, 3.8) is 0 Å². The molecule has 8 rings (SSSR count). The van der Waals surface area contributed by atoms with Gasteiger partial charge in [0.05, 0.1) is 59.5 Å². The molecule has 0 aliphatic heterocycles. The van der Waals surface area contributed by atoms with Crippen LogP contribution in [0.5, 0.6) is 23.0 Å². The number of guanidine groups is 2. The predicted octanol–water partition coefficient (Wildman–Crippen LogP) is 7.56. The quantitative estimate of drug-likeness (QED) is 0.0375. The molecule has 0 radical (unpaired) electrons. The van der Waals surface area contributed by atoms with Crippen molar-refractivity contribution < 1.29 is 55.6 Å². The van der Waals surface area contributed by atoms with Crippen molar-refractivity contribution in [3.8, 4) is 45.5 Å². The summed E-state index contributed by atoms with van der Waals surface area (Å²) in [6, 6.07) is 14.9. The number of aromatic nitrogens is 8. The second-order valence-corrected chi connectivity index (χ2v) is 15.2. The number of benzene rings is 4. The molecular weight excluding hydrogens is 959 g/mol. The molecule has 8 aromatic rings. The number of amides is 2. The summed E-state index contributed by atoms with van der Waals surface area (Å²) in [6.07, 6.45) is 2.98. The molecule has 0 unspecified atom stereocenters. The Balaban J connectivity index is 0.000000212. The van der Waals surface area contributed by atoms with Gasteiger partial charge in [0.25, 0.3) is 11.8 Å². The zero-order valence-corrected chi connectivity index (χ0v) is 38.5. The van der Waals surface area contributed by atoms with Crippen LogP contribution in [0.2, 0.25) is 0 Å². The standard InChI is InChI=1S/C24H22F3N7O3.C22H18F3N7O3/c1-12-14(11-34(2)33-12)23(35)30-24(28-17-7-6-15(25)22(37-4)21(17)27)29-20-10-18(31-32-20)13-5-8-19(36-3)16(26)9-13;1-10-12(9-32(2)31-10)21(35)28-22(26-15-5-4-13(23)20(34)19(15)25)27-18-8-16(29-30-18)11-3-6-17(33)14(24)7-11/h5-11H,1-4H3,(H3,28,29,30,31,32,35);3-9,33-34H,1-2H3,(H3,26,27,28,29,30,35). The summed E-state index contributed by atoms with van der Waals surface area (Å²) in [5.41, 5.74) is 2.33. The number of methoxy groups -OCH3 is 2. The zero-order chi connectivity index (χ0) is 52.0. The van der Waals surface area contributed by atoms with Gasteiger partial charge in [0.15, 0.2) is 69.5 Å². The van der Waals surface area contributed by atoms with E-state index in [4.69, 9.17) is 9.47 Å². The first-order valence-corrected chi connectivity index (χ1v) is 20.8. The topological polar surface area (TPSA) is 259 Å². The summed E-state index contributed by atoms with van der Waals surface area (Å²) >= 11 is 0. The SMILES string of the molecule is COc1ccc(-c2cc(N=C(NC(=O)c3cn(C)nc3C)Nc3ccc(F)c(OC)c3F)n[nH]2)cc1F.Cc1nn(C)cc1C(=O)NC(=Nc1cc(-c2ccc(O)c(F)c2)[nH]n1)Nc1ccc(F)c(O)c1F. The minimum absolute atomic E-state index is 0.00549. The van der Waals surface area contributed by atoms with E-state index in [9.17, 15) is 46.1 Å². The van der Waals surface area contributed by atoms with E-state index in [1.54, 1.807) is 34.0 Å². The van der Waals surface area contributed by atoms with Crippen molar-refractivity contribution in [2.45, 2.75) is 13.8 Å². The number of phenolic OH excluding ortho intramolecular Hbond substituents is 2. The van der Waals surface area contributed by atoms with Gasteiger partial charge in [-0.15, -0.1) is 0 Å². The number of phenols is 2. The van der Waals surface area contributed by atoms with Gasteiger partial charge in [0.1, 0.15) is 0 Å². The van der Waals surface area contributed by atoms with Crippen LogP contribution < -0.4 is 30.7 Å². The maximum absolute atomic E-state index is 14.8. The lowest BCUT2D eigenvalue weighted by Crippen LogP contribution is -2.36. The number of anilines is 2. The van der Waals surface area contributed by atoms with Crippen molar-refractivity contribution in [2.75, 3.05) is 24.9 Å². The number of nitrogens with zero attached hydrogens (tertiary/aromatic N) is 8. The molecule has 26 heteroatoms. The van der Waals surface area contributed by atoms with E-state index in [1.807, 2.05) is 0 Å². The highest BCUT2D eigenvalue weighted by molar-refractivity contribution is 6.12. The maximum Gasteiger partial charge on any atom is 0.261 e. The number of carbonyl (C=O) groups excluding carboxylic acids is 2. The Bertz CT molecular complexity index is 3400. The number of aromatic hydroxyl groups is 2. The van der Waals surface area contributed by atoms with Crippen molar-refractivity contribution in [3.05, 3.63) is 143 Å². The number of rotatable bonds is 10. The smallest absolute Gasteiger partial charge is 0.261 e. The molecule has 8 N–H and O–H groups in total. The summed E-state index contributed by atoms with van der Waals surface area (Å²) < 4.78 is 97.0. The van der Waals surface area contributed by atoms with Crippen LogP contribution >= 0.6 is 0 Å². The van der Waals surface area contributed by atoms with Gasteiger partial charge in [-0.05, 0) is 74.5 Å². The number of aliphatic imine (C=N–C) groups is 2. The highest BCUT2D eigenvalue weighted by Gasteiger charge is 2.22. The molecule has 0 bridgehead atoms. The van der Waals surface area contributed by atoms with Gasteiger partial charge >= 0.3 is 0 Å². The Hall–Kier alpha value is -9.62. The number of aryl methyl sites for hydroxylation is 4. The summed E-state index contributed by atoms with van der Waals surface area (Å²) in [5, 5.41) is 50.7. The number of ether oxygens (including phenoxy) is 2. The van der Waals surface area contributed by atoms with Gasteiger partial charge in [0, 0.05) is 49.7 Å². The largest absolute Gasteiger partial charge is 0.505 e. The van der Waals surface area contributed by atoms with Crippen LogP contribution in [-0.4, -0.2) is 88.1 Å². The van der Waals surface area contributed by atoms with Gasteiger partial charge in [-0.1, -0.05) is 0 Å². The van der Waals surface area contributed by atoms with E-state index in [0.29, 0.717) is 33.9 Å². The first kappa shape index (κ1) is 50.3. The minimum Gasteiger partial charge on any atom is -0.505 e. The average molecular weight is 999 g/mol. The Morgan fingerprint density at radius 1 is 0.611 bits per heavy atom. The van der Waals surface area contributed by atoms with E-state index in [1.165, 1.54) is 65.3 Å². The van der Waals surface area contributed by atoms with Crippen molar-refractivity contribution >= 4 is 46.7 Å². The number of carbonyl (C=O) groups is 2. The van der Waals surface area contributed by atoms with Gasteiger partial charge in [-0.3, -0.25) is 39.8 Å². The van der Waals surface area contributed by atoms with Crippen LogP contribution in [0.25, 0.3) is 22.5 Å². The molecule has 0 aliphatic carbocycles. The molecule has 372 valence electrons. The summed E-state index contributed by atoms with van der Waals surface area (Å²) in [6.45, 7) is 3.27. The second kappa shape index (κ2) is 21.3. The van der Waals surface area contributed by atoms with Crippen molar-refractivity contribution in [1.82, 2.24) is 50.6 Å². The zero-order valence-electron chi connectivity index (χ0n) is 38.5. The fraction of sp³-hybridized carbons (Fsp3) is 0.130. The summed E-state index contributed by atoms with van der Waals surface area (Å²) in [5.74, 6) is -9.72. The molecule has 72 heavy (non-hydrogen) atoms. The van der Waals surface area contributed by atoms with Crippen molar-refractivity contribution in [2.24, 2.45) is 24.1 Å². The number of hydrogen-bond acceptors (Lipinski definition) is 12. The lowest BCUT2D eigenvalue weighted by molar-refractivity contribution is 0.0967. The maximum atomic E-state index is 14.8. The van der Waals surface area contributed by atoms with Crippen LogP contribution in [0.3, 0.4) is 0 Å². The van der Waals surface area contributed by atoms with Gasteiger partial charge < -0.3 is 30.3 Å². The van der Waals surface area contributed by atoms with Gasteiger partial charge in [-0.2, -0.15) is 30.4 Å². The number of hydrogen-bond donors (Lipinski definition) is 8.